The van der Waals surface area contributed by atoms with Crippen LogP contribution in [0.3, 0.4) is 0 Å². The summed E-state index contributed by atoms with van der Waals surface area (Å²) >= 11 is 6.89. The number of alkyl halides is 3. The number of allylic oxidation sites excluding steroid dienone is 2. The number of primary amides is 1. The highest BCUT2D eigenvalue weighted by atomic mass is 35.5. The molecule has 4 aromatic rings. The van der Waals surface area contributed by atoms with Crippen LogP contribution in [0.5, 0.6) is 5.75 Å². The summed E-state index contributed by atoms with van der Waals surface area (Å²) in [5.74, 6) is 0.200. The van der Waals surface area contributed by atoms with Gasteiger partial charge < -0.3 is 25.8 Å². The molecule has 2 aliphatic rings. The number of nitrogens with one attached hydrogen (secondary N) is 3. The van der Waals surface area contributed by atoms with Crippen molar-refractivity contribution in [1.29, 1.82) is 0 Å². The zero-order valence-corrected chi connectivity index (χ0v) is 30.7. The lowest BCUT2D eigenvalue weighted by atomic mass is 10.2. The summed E-state index contributed by atoms with van der Waals surface area (Å²) in [7, 11) is 0. The van der Waals surface area contributed by atoms with Gasteiger partial charge in [0.2, 0.25) is 11.8 Å². The van der Waals surface area contributed by atoms with Gasteiger partial charge in [-0.1, -0.05) is 79.1 Å². The molecule has 1 saturated carbocycles. The number of carbonyl (C=O) groups excluding carboxylic acids is 3. The fourth-order valence-corrected chi connectivity index (χ4v) is 6.56. The molecular weight excluding hydrogens is 731 g/mol. The summed E-state index contributed by atoms with van der Waals surface area (Å²) in [6.07, 6.45) is 7.00. The molecule has 3 aromatic carbocycles. The number of carbonyl (C=O) groups is 3. The number of fused-ring (bicyclic) bond motifs is 1. The van der Waals surface area contributed by atoms with E-state index in [9.17, 15) is 32.3 Å². The average molecular weight is 774 g/mol. The van der Waals surface area contributed by atoms with Crippen LogP contribution in [0.1, 0.15) is 57.4 Å². The number of thiazole rings is 1. The van der Waals surface area contributed by atoms with Gasteiger partial charge in [0.15, 0.2) is 5.75 Å². The lowest BCUT2D eigenvalue weighted by Crippen LogP contribution is -2.45. The van der Waals surface area contributed by atoms with Gasteiger partial charge in [0, 0.05) is 23.2 Å². The van der Waals surface area contributed by atoms with Crippen molar-refractivity contribution in [3.63, 3.8) is 0 Å². The minimum atomic E-state index is -4.44. The molecule has 0 spiro atoms. The van der Waals surface area contributed by atoms with E-state index in [1.807, 2.05) is 30.3 Å². The van der Waals surface area contributed by atoms with Gasteiger partial charge >= 0.3 is 11.0 Å². The molecule has 3 unspecified atom stereocenters. The van der Waals surface area contributed by atoms with Gasteiger partial charge in [0.05, 0.1) is 22.3 Å². The van der Waals surface area contributed by atoms with Crippen LogP contribution in [0.15, 0.2) is 89.7 Å². The maximum atomic E-state index is 12.6. The number of nitrogens with two attached hydrogens (primary N) is 1. The maximum absolute atomic E-state index is 12.6. The van der Waals surface area contributed by atoms with Crippen LogP contribution in [0, 0.1) is 11.8 Å². The van der Waals surface area contributed by atoms with Crippen LogP contribution in [-0.4, -0.2) is 46.7 Å². The summed E-state index contributed by atoms with van der Waals surface area (Å²) in [6, 6.07) is 18.6. The molecule has 0 bridgehead atoms. The Bertz CT molecular complexity index is 1900. The molecule has 0 radical (unpaired) electrons. The first-order valence-electron chi connectivity index (χ1n) is 17.3. The summed E-state index contributed by atoms with van der Waals surface area (Å²) < 4.78 is 38.7. The monoisotopic (exact) mass is 773 g/mol. The van der Waals surface area contributed by atoms with Crippen molar-refractivity contribution >= 4 is 56.6 Å². The highest BCUT2D eigenvalue weighted by molar-refractivity contribution is 7.16. The van der Waals surface area contributed by atoms with Gasteiger partial charge in [-0.25, -0.2) is 0 Å². The number of amides is 3. The minimum Gasteiger partial charge on any atom is -0.380 e. The van der Waals surface area contributed by atoms with E-state index >= 15 is 0 Å². The number of hydrogen-bond acceptors (Lipinski definition) is 7. The standard InChI is InChI=1S/C17H23NO2.C14H16F3N3O2.C7H4ClNOS/c1-2-3-4-5-7-10-14-13-16(14)17(19)18-20-15-11-8-6-9-12-15;15-14(16,17)9-3-1-4-10(7-9)19-8-12(21)20-6-2-5-11(20)13(18)22;8-4-1-2-5-6(3-4)11-7(10)9-5/h6-12,14,16H,2-5,13H2,1H3,(H,18,19);1,3-4,7,11,19H,2,5-6,8H2,(H2,18,22);1-3H,(H,9,10)/b10-7-;;. The van der Waals surface area contributed by atoms with Crippen molar-refractivity contribution in [3.05, 3.63) is 105 Å². The Morgan fingerprint density at radius 2 is 1.85 bits per heavy atom. The van der Waals surface area contributed by atoms with Gasteiger partial charge in [-0.15, -0.1) is 0 Å². The number of halogens is 4. The highest BCUT2D eigenvalue weighted by Crippen LogP contribution is 2.40. The second kappa shape index (κ2) is 19.9. The molecule has 1 aliphatic heterocycles. The number of rotatable bonds is 12. The van der Waals surface area contributed by atoms with Crippen molar-refractivity contribution in [2.75, 3.05) is 18.4 Å². The second-order valence-corrected chi connectivity index (χ2v) is 14.0. The molecule has 2 fully saturated rings. The number of para-hydroxylation sites is 1. The Morgan fingerprint density at radius 1 is 1.08 bits per heavy atom. The van der Waals surface area contributed by atoms with Crippen LogP contribution < -0.4 is 26.2 Å². The molecule has 53 heavy (non-hydrogen) atoms. The number of aromatic amines is 1. The molecule has 1 aromatic heterocycles. The van der Waals surface area contributed by atoms with Crippen LogP contribution in [-0.2, 0) is 20.6 Å². The topological polar surface area (TPSA) is 147 Å². The van der Waals surface area contributed by atoms with E-state index < -0.39 is 23.7 Å². The third kappa shape index (κ3) is 13.3. The number of benzene rings is 3. The Hall–Kier alpha value is -4.82. The molecule has 1 saturated heterocycles. The van der Waals surface area contributed by atoms with Crippen LogP contribution in [0.2, 0.25) is 5.02 Å². The molecule has 15 heteroatoms. The molecule has 10 nitrogen and oxygen atoms in total. The average Bonchev–Trinajstić information content (AvgIpc) is 3.54. The lowest BCUT2D eigenvalue weighted by Gasteiger charge is -2.22. The van der Waals surface area contributed by atoms with Gasteiger partial charge in [-0.2, -0.15) is 18.7 Å². The molecule has 2 heterocycles. The SMILES string of the molecule is CCCCC/C=C\C1CC1C(=O)NOc1ccccc1.NC(=O)C1CCCN1C(=O)CNc1cccc(C(F)(F)F)c1.O=c1[nH]c2ccc(Cl)cc2s1. The smallest absolute Gasteiger partial charge is 0.380 e. The van der Waals surface area contributed by atoms with Gasteiger partial charge in [0.25, 0.3) is 5.91 Å². The van der Waals surface area contributed by atoms with E-state index in [0.717, 1.165) is 35.2 Å². The third-order valence-corrected chi connectivity index (χ3v) is 9.55. The highest BCUT2D eigenvalue weighted by Gasteiger charge is 2.41. The van der Waals surface area contributed by atoms with Crippen molar-refractivity contribution in [3.8, 4) is 5.75 Å². The predicted molar refractivity (Wildman–Crippen MR) is 201 cm³/mol. The normalized spacial score (nSPS) is 17.7. The van der Waals surface area contributed by atoms with E-state index in [1.54, 1.807) is 18.2 Å². The Labute approximate surface area is 314 Å². The lowest BCUT2D eigenvalue weighted by molar-refractivity contribution is -0.137. The molecule has 284 valence electrons. The first-order chi connectivity index (χ1) is 25.3. The zero-order valence-electron chi connectivity index (χ0n) is 29.2. The third-order valence-electron chi connectivity index (χ3n) is 8.47. The predicted octanol–water partition coefficient (Wildman–Crippen LogP) is 7.71. The number of unbranched alkanes of at least 4 members (excludes halogenated alkanes) is 3. The quantitative estimate of drug-likeness (QED) is 0.0660. The zero-order chi connectivity index (χ0) is 38.4. The summed E-state index contributed by atoms with van der Waals surface area (Å²) in [5.41, 5.74) is 8.00. The van der Waals surface area contributed by atoms with Gasteiger partial charge in [-0.05, 0) is 86.6 Å². The summed E-state index contributed by atoms with van der Waals surface area (Å²) in [6.45, 7) is 2.44. The van der Waals surface area contributed by atoms with E-state index in [1.165, 1.54) is 47.6 Å². The molecule has 3 atom stereocenters. The first kappa shape index (κ1) is 40.9. The maximum Gasteiger partial charge on any atom is 0.416 e. The van der Waals surface area contributed by atoms with E-state index in [0.29, 0.717) is 36.1 Å². The van der Waals surface area contributed by atoms with Gasteiger partial charge in [-0.3, -0.25) is 19.2 Å². The molecule has 1 aliphatic carbocycles. The number of anilines is 1. The number of hydrogen-bond donors (Lipinski definition) is 4. The Kier molecular flexibility index (Phi) is 15.3. The number of nitrogens with zero attached hydrogens (tertiary/aromatic N) is 1. The molecule has 5 N–H and O–H groups in total. The number of aromatic nitrogens is 1. The fraction of sp³-hybridized carbons (Fsp3) is 0.368. The number of likely N-dealkylation sites (tertiary alicyclic amines) is 1. The van der Waals surface area contributed by atoms with Crippen molar-refractivity contribution in [1.82, 2.24) is 15.4 Å². The number of hydroxylamine groups is 1. The number of H-pyrrole nitrogens is 1. The largest absolute Gasteiger partial charge is 0.416 e. The molecule has 6 rings (SSSR count). The molecular formula is C38H43ClF3N5O5S. The van der Waals surface area contributed by atoms with Crippen LogP contribution in [0.4, 0.5) is 18.9 Å². The Morgan fingerprint density at radius 3 is 2.57 bits per heavy atom. The van der Waals surface area contributed by atoms with Crippen LogP contribution >= 0.6 is 22.9 Å². The van der Waals surface area contributed by atoms with Crippen molar-refractivity contribution < 1.29 is 32.4 Å². The van der Waals surface area contributed by atoms with E-state index in [-0.39, 0.29) is 34.8 Å². The minimum absolute atomic E-state index is 0.0166. The summed E-state index contributed by atoms with van der Waals surface area (Å²) in [5, 5.41) is 3.31. The molecule has 3 amide bonds. The van der Waals surface area contributed by atoms with Gasteiger partial charge in [0.1, 0.15) is 6.04 Å². The second-order valence-electron chi connectivity index (χ2n) is 12.5. The van der Waals surface area contributed by atoms with E-state index in [4.69, 9.17) is 22.2 Å². The first-order valence-corrected chi connectivity index (χ1v) is 18.5. The van der Waals surface area contributed by atoms with Crippen molar-refractivity contribution in [2.45, 2.75) is 64.1 Å². The van der Waals surface area contributed by atoms with Crippen LogP contribution in [0.25, 0.3) is 10.2 Å². The fourth-order valence-electron chi connectivity index (χ4n) is 5.55. The van der Waals surface area contributed by atoms with E-state index in [2.05, 4.69) is 34.9 Å². The summed E-state index contributed by atoms with van der Waals surface area (Å²) in [4.78, 5) is 55.2. The van der Waals surface area contributed by atoms with Crippen molar-refractivity contribution in [2.24, 2.45) is 17.6 Å². The Balaban J connectivity index is 0.000000186.